The van der Waals surface area contributed by atoms with Gasteiger partial charge in [-0.25, -0.2) is 19.6 Å². The molecule has 0 aromatic carbocycles. The summed E-state index contributed by atoms with van der Waals surface area (Å²) in [6.07, 6.45) is 32.8. The maximum absolute atomic E-state index is 12.3. The van der Waals surface area contributed by atoms with Gasteiger partial charge in [0.05, 0.1) is 13.2 Å². The van der Waals surface area contributed by atoms with Crippen LogP contribution in [0.5, 0.6) is 0 Å². The number of aromatic nitrogens is 4. The number of nitrogens with zero attached hydrogens (tertiary/aromatic N) is 2. The number of hydrogen-bond donors (Lipinski definition) is 6. The van der Waals surface area contributed by atoms with E-state index in [0.29, 0.717) is 107 Å². The fourth-order valence-electron chi connectivity index (χ4n) is 9.14. The highest BCUT2D eigenvalue weighted by atomic mass is 16.5. The summed E-state index contributed by atoms with van der Waals surface area (Å²) in [4.78, 5) is 109. The number of nitrogens with one attached hydrogen (secondary N) is 6. The zero-order valence-electron chi connectivity index (χ0n) is 50.6. The van der Waals surface area contributed by atoms with E-state index in [4.69, 9.17) is 18.9 Å². The van der Waals surface area contributed by atoms with Crippen molar-refractivity contribution < 1.29 is 47.7 Å². The van der Waals surface area contributed by atoms with Gasteiger partial charge in [0.2, 0.25) is 11.9 Å². The number of esters is 2. The lowest BCUT2D eigenvalue weighted by atomic mass is 10.0. The van der Waals surface area contributed by atoms with Crippen molar-refractivity contribution in [2.24, 2.45) is 11.8 Å². The lowest BCUT2D eigenvalue weighted by Gasteiger charge is -2.12. The van der Waals surface area contributed by atoms with E-state index in [1.807, 2.05) is 0 Å². The normalized spacial score (nSPS) is 11.9. The zero-order chi connectivity index (χ0) is 59.5. The molecule has 0 aliphatic carbocycles. The number of anilines is 2. The van der Waals surface area contributed by atoms with Gasteiger partial charge in [0.1, 0.15) is 11.6 Å². The molecule has 6 N–H and O–H groups in total. The lowest BCUT2D eigenvalue weighted by molar-refractivity contribution is -0.144. The Hall–Kier alpha value is -5.50. The van der Waals surface area contributed by atoms with Crippen molar-refractivity contribution in [3.63, 3.8) is 0 Å². The molecule has 2 unspecified atom stereocenters. The van der Waals surface area contributed by atoms with E-state index in [2.05, 4.69) is 55.1 Å². The predicted molar refractivity (Wildman–Crippen MR) is 322 cm³/mol. The maximum atomic E-state index is 12.3. The number of aromatic amines is 2. The van der Waals surface area contributed by atoms with E-state index < -0.39 is 12.1 Å². The van der Waals surface area contributed by atoms with Gasteiger partial charge in [-0.3, -0.25) is 49.4 Å². The molecule has 0 saturated carbocycles. The van der Waals surface area contributed by atoms with E-state index >= 15 is 0 Å². The number of hydrogen-bond acceptors (Lipinski definition) is 14. The molecule has 4 amide bonds. The quantitative estimate of drug-likeness (QED) is 0.0265. The van der Waals surface area contributed by atoms with Gasteiger partial charge >= 0.3 is 24.0 Å². The van der Waals surface area contributed by atoms with Crippen LogP contribution in [0.25, 0.3) is 0 Å². The molecule has 2 rings (SSSR count). The van der Waals surface area contributed by atoms with Crippen LogP contribution in [0.2, 0.25) is 0 Å². The second-order valence-corrected chi connectivity index (χ2v) is 22.2. The number of carbonyl (C=O) groups excluding carboxylic acids is 6. The molecule has 20 heteroatoms. The highest BCUT2D eigenvalue weighted by Crippen LogP contribution is 2.16. The van der Waals surface area contributed by atoms with Gasteiger partial charge in [-0.1, -0.05) is 110 Å². The number of unbranched alkanes of at least 4 members (excludes halogenated alkanes) is 20. The van der Waals surface area contributed by atoms with Gasteiger partial charge in [0.15, 0.2) is 0 Å². The average molecular weight is 1160 g/mol. The summed E-state index contributed by atoms with van der Waals surface area (Å²) in [5.74, 6) is 1.44. The molecule has 0 bridgehead atoms. The minimum atomic E-state index is -0.405. The first-order valence-corrected chi connectivity index (χ1v) is 31.5. The van der Waals surface area contributed by atoms with Crippen LogP contribution >= 0.6 is 0 Å². The molecule has 20 nitrogen and oxygen atoms in total. The SMILES string of the molecule is Cc1cc(=O)[nH]c(NC(=O)NCCCCCCCC(=O)CCCCCCCOCCC(C)CCC(=O)OCCCCCCCOC(=O)CCC(C)CCOCCCCCCCC(=O)CCCCCCCNC(=O)Nc2nccc(=O)[nH]2)n1. The zero-order valence-corrected chi connectivity index (χ0v) is 50.6. The molecule has 0 fully saturated rings. The van der Waals surface area contributed by atoms with Crippen molar-refractivity contribution in [3.8, 4) is 0 Å². The monoisotopic (exact) mass is 1150 g/mol. The van der Waals surface area contributed by atoms with E-state index in [0.717, 1.165) is 199 Å². The van der Waals surface area contributed by atoms with E-state index in [9.17, 15) is 38.4 Å². The number of amides is 4. The molecule has 82 heavy (non-hydrogen) atoms. The largest absolute Gasteiger partial charge is 0.466 e. The third-order valence-electron chi connectivity index (χ3n) is 14.3. The number of Topliss-reactive ketones (excluding diaryl/α,β-unsaturated/α-hetero) is 2. The van der Waals surface area contributed by atoms with Crippen LogP contribution in [0.4, 0.5) is 21.5 Å². The van der Waals surface area contributed by atoms with Crippen LogP contribution in [0, 0.1) is 18.8 Å². The summed E-state index contributed by atoms with van der Waals surface area (Å²) in [5.41, 5.74) is -0.111. The maximum Gasteiger partial charge on any atom is 0.321 e. The molecule has 0 spiro atoms. The Labute approximate surface area is 489 Å². The van der Waals surface area contributed by atoms with Crippen molar-refractivity contribution in [1.82, 2.24) is 30.6 Å². The molecule has 0 aliphatic rings. The molecule has 2 aromatic rings. The molecule has 2 aromatic heterocycles. The highest BCUT2D eigenvalue weighted by molar-refractivity contribution is 5.87. The number of ether oxygens (including phenoxy) is 4. The molecule has 0 saturated heterocycles. The summed E-state index contributed by atoms with van der Waals surface area (Å²) in [6.45, 7) is 10.8. The van der Waals surface area contributed by atoms with Crippen molar-refractivity contribution >= 4 is 47.5 Å². The van der Waals surface area contributed by atoms with Gasteiger partial charge in [-0.15, -0.1) is 0 Å². The van der Waals surface area contributed by atoms with Crippen LogP contribution < -0.4 is 32.4 Å². The Balaban J connectivity index is 1.23. The van der Waals surface area contributed by atoms with Gasteiger partial charge in [-0.05, 0) is 109 Å². The summed E-state index contributed by atoms with van der Waals surface area (Å²) >= 11 is 0. The van der Waals surface area contributed by atoms with Crippen molar-refractivity contribution in [2.75, 3.05) is 63.4 Å². The van der Waals surface area contributed by atoms with Crippen LogP contribution in [0.15, 0.2) is 27.9 Å². The molecule has 2 atom stereocenters. The third kappa shape index (κ3) is 45.1. The number of carbonyl (C=O) groups is 6. The molecular formula is C62H106N8O12. The van der Waals surface area contributed by atoms with Gasteiger partial charge in [-0.2, -0.15) is 0 Å². The number of aryl methyl sites for hydroxylation is 1. The van der Waals surface area contributed by atoms with Gasteiger partial charge < -0.3 is 29.6 Å². The average Bonchev–Trinajstić information content (AvgIpc) is 3.47. The third-order valence-corrected chi connectivity index (χ3v) is 14.3. The Morgan fingerprint density at radius 2 is 0.829 bits per heavy atom. The van der Waals surface area contributed by atoms with E-state index in [1.165, 1.54) is 18.3 Å². The molecule has 0 aliphatic heterocycles. The summed E-state index contributed by atoms with van der Waals surface area (Å²) < 4.78 is 22.6. The highest BCUT2D eigenvalue weighted by Gasteiger charge is 2.12. The van der Waals surface area contributed by atoms with E-state index in [1.54, 1.807) is 6.92 Å². The first-order valence-electron chi connectivity index (χ1n) is 31.5. The fourth-order valence-corrected chi connectivity index (χ4v) is 9.14. The minimum Gasteiger partial charge on any atom is -0.466 e. The lowest BCUT2D eigenvalue weighted by Crippen LogP contribution is -2.31. The smallest absolute Gasteiger partial charge is 0.321 e. The van der Waals surface area contributed by atoms with Crippen LogP contribution in [0.1, 0.15) is 244 Å². The van der Waals surface area contributed by atoms with E-state index in [-0.39, 0.29) is 35.0 Å². The Morgan fingerprint density at radius 3 is 1.26 bits per heavy atom. The molecule has 2 heterocycles. The summed E-state index contributed by atoms with van der Waals surface area (Å²) in [6, 6.07) is 1.83. The first-order chi connectivity index (χ1) is 39.8. The molecular weight excluding hydrogens is 1050 g/mol. The van der Waals surface area contributed by atoms with Gasteiger partial charge in [0, 0.05) is 102 Å². The number of ketones is 2. The predicted octanol–water partition coefficient (Wildman–Crippen LogP) is 12.3. The van der Waals surface area contributed by atoms with Crippen molar-refractivity contribution in [3.05, 3.63) is 44.7 Å². The van der Waals surface area contributed by atoms with Crippen molar-refractivity contribution in [2.45, 2.75) is 245 Å². The second-order valence-electron chi connectivity index (χ2n) is 22.2. The summed E-state index contributed by atoms with van der Waals surface area (Å²) in [5, 5.41) is 10.5. The number of rotatable bonds is 54. The molecule has 0 radical (unpaired) electrons. The van der Waals surface area contributed by atoms with Gasteiger partial charge in [0.25, 0.3) is 11.1 Å². The second kappa shape index (κ2) is 50.1. The minimum absolute atomic E-state index is 0.113. The summed E-state index contributed by atoms with van der Waals surface area (Å²) in [7, 11) is 0. The fraction of sp³-hybridized carbons (Fsp3) is 0.774. The van der Waals surface area contributed by atoms with Crippen molar-refractivity contribution in [1.29, 1.82) is 0 Å². The first kappa shape index (κ1) is 72.6. The van der Waals surface area contributed by atoms with Crippen LogP contribution in [-0.2, 0) is 38.1 Å². The number of H-pyrrole nitrogens is 2. The number of urea groups is 2. The van der Waals surface area contributed by atoms with Crippen LogP contribution in [-0.4, -0.2) is 108 Å². The standard InChI is InChI=1S/C62H106N8O12/c1-50(38-47-79-43-25-15-6-11-21-31-53(71)29-19-9-4-13-23-40-64-61(77)69-59-63-42-37-55(73)67-59)33-35-57(75)81-45-27-17-8-18-28-46-82-58(76)36-34-51(2)39-48-80-44-26-16-7-12-22-32-54(72)30-20-10-5-14-24-41-65-62(78)70-60-66-52(3)49-56(74)68-60/h37,42,49-51H,4-36,38-41,43-48H2,1-3H3,(H3,63,64,67,69,73,77)(H3,65,66,68,70,74,78). The Morgan fingerprint density at radius 1 is 0.451 bits per heavy atom. The Kier molecular flexibility index (Phi) is 44.3. The van der Waals surface area contributed by atoms with Crippen LogP contribution in [0.3, 0.4) is 0 Å². The molecule has 466 valence electrons. The Bertz CT molecular complexity index is 2140. The topological polar surface area (TPSA) is 279 Å².